The van der Waals surface area contributed by atoms with E-state index in [4.69, 9.17) is 4.74 Å². The molecule has 114 valence electrons. The fraction of sp³-hybridized carbons (Fsp3) is 0.600. The lowest BCUT2D eigenvalue weighted by molar-refractivity contribution is 0.103. The molecule has 20 heavy (non-hydrogen) atoms. The molecule has 0 aliphatic rings. The van der Waals surface area contributed by atoms with Crippen LogP contribution in [0.5, 0.6) is 0 Å². The van der Waals surface area contributed by atoms with E-state index in [9.17, 15) is 9.50 Å². The molecule has 0 heterocycles. The van der Waals surface area contributed by atoms with E-state index in [1.54, 1.807) is 19.2 Å². The van der Waals surface area contributed by atoms with Gasteiger partial charge in [-0.25, -0.2) is 4.39 Å². The Bertz CT molecular complexity index is 390. The highest BCUT2D eigenvalue weighted by molar-refractivity contribution is 5.20. The zero-order valence-electron chi connectivity index (χ0n) is 12.5. The third-order valence-electron chi connectivity index (χ3n) is 3.38. The molecule has 1 aromatic carbocycles. The summed E-state index contributed by atoms with van der Waals surface area (Å²) in [5.74, 6) is -0.209. The Balaban J connectivity index is 2.41. The molecule has 2 N–H and O–H groups in total. The predicted octanol–water partition coefficient (Wildman–Crippen LogP) is 1.42. The maximum atomic E-state index is 13.7. The first kappa shape index (κ1) is 17.0. The third kappa shape index (κ3) is 5.54. The van der Waals surface area contributed by atoms with Crippen LogP contribution >= 0.6 is 0 Å². The number of benzene rings is 1. The molecule has 1 rings (SSSR count). The van der Waals surface area contributed by atoms with Crippen molar-refractivity contribution in [3.05, 3.63) is 35.6 Å². The molecular weight excluding hydrogens is 259 g/mol. The predicted molar refractivity (Wildman–Crippen MR) is 78.2 cm³/mol. The molecule has 0 saturated carbocycles. The minimum Gasteiger partial charge on any atom is -0.390 e. The van der Waals surface area contributed by atoms with Crippen molar-refractivity contribution in [2.75, 3.05) is 40.4 Å². The summed E-state index contributed by atoms with van der Waals surface area (Å²) in [6, 6.07) is 6.66. The van der Waals surface area contributed by atoms with Crippen LogP contribution < -0.4 is 5.32 Å². The Morgan fingerprint density at radius 1 is 1.40 bits per heavy atom. The number of ether oxygens (including phenoxy) is 1. The molecule has 0 bridgehead atoms. The van der Waals surface area contributed by atoms with Gasteiger partial charge in [0, 0.05) is 38.3 Å². The van der Waals surface area contributed by atoms with Crippen molar-refractivity contribution in [1.29, 1.82) is 0 Å². The number of aliphatic hydroxyl groups is 1. The van der Waals surface area contributed by atoms with E-state index in [1.165, 1.54) is 6.07 Å². The van der Waals surface area contributed by atoms with Crippen molar-refractivity contribution in [2.45, 2.75) is 19.1 Å². The fourth-order valence-corrected chi connectivity index (χ4v) is 2.05. The van der Waals surface area contributed by atoms with Crippen molar-refractivity contribution in [1.82, 2.24) is 10.2 Å². The largest absolute Gasteiger partial charge is 0.390 e. The van der Waals surface area contributed by atoms with Crippen LogP contribution in [0.25, 0.3) is 0 Å². The number of nitrogens with zero attached hydrogens (tertiary/aromatic N) is 1. The van der Waals surface area contributed by atoms with Crippen LogP contribution in [0.3, 0.4) is 0 Å². The monoisotopic (exact) mass is 284 g/mol. The summed E-state index contributed by atoms with van der Waals surface area (Å²) in [4.78, 5) is 1.95. The van der Waals surface area contributed by atoms with Crippen molar-refractivity contribution < 1.29 is 14.2 Å². The van der Waals surface area contributed by atoms with Crippen LogP contribution in [0.4, 0.5) is 4.39 Å². The smallest absolute Gasteiger partial charge is 0.127 e. The molecule has 2 atom stereocenters. The average molecular weight is 284 g/mol. The fourth-order valence-electron chi connectivity index (χ4n) is 2.05. The number of nitrogens with one attached hydrogen (secondary N) is 1. The van der Waals surface area contributed by atoms with Gasteiger partial charge in [0.2, 0.25) is 0 Å². The summed E-state index contributed by atoms with van der Waals surface area (Å²) in [5, 5.41) is 13.1. The van der Waals surface area contributed by atoms with Crippen molar-refractivity contribution in [3.63, 3.8) is 0 Å². The summed E-state index contributed by atoms with van der Waals surface area (Å²) in [7, 11) is 3.53. The molecule has 4 nitrogen and oxygen atoms in total. The lowest BCUT2D eigenvalue weighted by atomic mass is 10.1. The Hall–Kier alpha value is -1.01. The van der Waals surface area contributed by atoms with E-state index in [1.807, 2.05) is 24.9 Å². The zero-order valence-corrected chi connectivity index (χ0v) is 12.5. The molecule has 0 radical (unpaired) electrons. The molecule has 0 spiro atoms. The normalized spacial score (nSPS) is 14.5. The number of likely N-dealkylation sites (N-methyl/N-ethyl adjacent to an activating group) is 1. The van der Waals surface area contributed by atoms with Gasteiger partial charge >= 0.3 is 0 Å². The Morgan fingerprint density at radius 2 is 2.10 bits per heavy atom. The molecule has 2 unspecified atom stereocenters. The lowest BCUT2D eigenvalue weighted by Crippen LogP contribution is -2.38. The molecule has 0 fully saturated rings. The van der Waals surface area contributed by atoms with Gasteiger partial charge in [-0.3, -0.25) is 4.90 Å². The van der Waals surface area contributed by atoms with Gasteiger partial charge in [0.05, 0.1) is 12.7 Å². The number of halogens is 1. The minimum atomic E-state index is -0.494. The number of rotatable bonds is 9. The first-order chi connectivity index (χ1) is 9.56. The maximum absolute atomic E-state index is 13.7. The van der Waals surface area contributed by atoms with Crippen molar-refractivity contribution in [2.24, 2.45) is 0 Å². The molecule has 5 heteroatoms. The molecular formula is C15H25FN2O2. The zero-order chi connectivity index (χ0) is 15.0. The van der Waals surface area contributed by atoms with Gasteiger partial charge in [0.1, 0.15) is 5.82 Å². The quantitative estimate of drug-likeness (QED) is 0.673. The van der Waals surface area contributed by atoms with Gasteiger partial charge in [-0.05, 0) is 20.0 Å². The van der Waals surface area contributed by atoms with Crippen LogP contribution in [0.2, 0.25) is 0 Å². The Labute approximate surface area is 120 Å². The van der Waals surface area contributed by atoms with Crippen LogP contribution in [0, 0.1) is 5.82 Å². The Morgan fingerprint density at radius 3 is 2.75 bits per heavy atom. The van der Waals surface area contributed by atoms with Crippen LogP contribution in [-0.4, -0.2) is 56.5 Å². The topological polar surface area (TPSA) is 44.7 Å². The highest BCUT2D eigenvalue weighted by Gasteiger charge is 2.17. The second kappa shape index (κ2) is 9.02. The highest BCUT2D eigenvalue weighted by Crippen LogP contribution is 2.21. The highest BCUT2D eigenvalue weighted by atomic mass is 19.1. The number of aliphatic hydroxyl groups excluding tert-OH is 1. The van der Waals surface area contributed by atoms with Crippen molar-refractivity contribution in [3.8, 4) is 0 Å². The lowest BCUT2D eigenvalue weighted by Gasteiger charge is -2.27. The summed E-state index contributed by atoms with van der Waals surface area (Å²) in [6.07, 6.45) is -0.494. The Kier molecular flexibility index (Phi) is 7.69. The summed E-state index contributed by atoms with van der Waals surface area (Å²) in [5.41, 5.74) is 0.648. The molecule has 0 aliphatic heterocycles. The first-order valence-electron chi connectivity index (χ1n) is 6.88. The first-order valence-corrected chi connectivity index (χ1v) is 6.88. The van der Waals surface area contributed by atoms with Gasteiger partial charge in [-0.2, -0.15) is 0 Å². The van der Waals surface area contributed by atoms with E-state index in [0.717, 1.165) is 0 Å². The van der Waals surface area contributed by atoms with E-state index in [2.05, 4.69) is 5.32 Å². The number of methoxy groups -OCH3 is 1. The molecule has 1 aromatic rings. The average Bonchev–Trinajstić information content (AvgIpc) is 2.43. The molecule has 0 aliphatic carbocycles. The van der Waals surface area contributed by atoms with Gasteiger partial charge in [0.15, 0.2) is 0 Å². The minimum absolute atomic E-state index is 0.0789. The van der Waals surface area contributed by atoms with Gasteiger partial charge in [0.25, 0.3) is 0 Å². The standard InChI is InChI=1S/C15H25FN2O2/c1-12(14-6-4-5-7-15(14)16)18(2)11-13(19)10-17-8-9-20-3/h4-7,12-13,17,19H,8-11H2,1-3H3. The van der Waals surface area contributed by atoms with Gasteiger partial charge in [-0.1, -0.05) is 18.2 Å². The van der Waals surface area contributed by atoms with Crippen LogP contribution in [0.15, 0.2) is 24.3 Å². The van der Waals surface area contributed by atoms with E-state index in [0.29, 0.717) is 31.8 Å². The summed E-state index contributed by atoms with van der Waals surface area (Å²) >= 11 is 0. The van der Waals surface area contributed by atoms with Crippen LogP contribution in [-0.2, 0) is 4.74 Å². The van der Waals surface area contributed by atoms with Gasteiger partial charge < -0.3 is 15.2 Å². The molecule has 0 amide bonds. The van der Waals surface area contributed by atoms with E-state index in [-0.39, 0.29) is 11.9 Å². The summed E-state index contributed by atoms with van der Waals surface area (Å²) < 4.78 is 18.6. The van der Waals surface area contributed by atoms with E-state index >= 15 is 0 Å². The van der Waals surface area contributed by atoms with Crippen molar-refractivity contribution >= 4 is 0 Å². The maximum Gasteiger partial charge on any atom is 0.127 e. The molecule has 0 aromatic heterocycles. The number of hydrogen-bond acceptors (Lipinski definition) is 4. The van der Waals surface area contributed by atoms with Gasteiger partial charge in [-0.15, -0.1) is 0 Å². The second-order valence-corrected chi connectivity index (χ2v) is 4.99. The van der Waals surface area contributed by atoms with E-state index < -0.39 is 6.10 Å². The number of hydrogen-bond donors (Lipinski definition) is 2. The SMILES string of the molecule is COCCNCC(O)CN(C)C(C)c1ccccc1F. The molecule has 0 saturated heterocycles. The third-order valence-corrected chi connectivity index (χ3v) is 3.38. The summed E-state index contributed by atoms with van der Waals surface area (Å²) in [6.45, 7) is 4.24. The van der Waals surface area contributed by atoms with Crippen LogP contribution in [0.1, 0.15) is 18.5 Å². The second-order valence-electron chi connectivity index (χ2n) is 4.99.